The topological polar surface area (TPSA) is 36.4 Å². The van der Waals surface area contributed by atoms with Gasteiger partial charge >= 0.3 is 6.18 Å². The van der Waals surface area contributed by atoms with Crippen LogP contribution in [0.1, 0.15) is 18.9 Å². The van der Waals surface area contributed by atoms with E-state index in [1.54, 1.807) is 6.92 Å². The summed E-state index contributed by atoms with van der Waals surface area (Å²) in [6, 6.07) is 1.42. The third-order valence-corrected chi connectivity index (χ3v) is 2.50. The Morgan fingerprint density at radius 2 is 2.11 bits per heavy atom. The number of aromatic nitrogens is 1. The normalized spacial score (nSPS) is 11.7. The van der Waals surface area contributed by atoms with E-state index in [1.165, 1.54) is 12.3 Å². The fourth-order valence-corrected chi connectivity index (χ4v) is 1.84. The minimum Gasteiger partial charge on any atom is -0.392 e. The van der Waals surface area contributed by atoms with Crippen molar-refractivity contribution in [1.82, 2.24) is 4.98 Å². The molecule has 0 radical (unpaired) electrons. The number of hydrogen-bond donors (Lipinski definition) is 1. The third-order valence-electron chi connectivity index (χ3n) is 2.22. The lowest BCUT2D eigenvalue weighted by molar-refractivity contribution is -0.119. The average molecular weight is 283 g/mol. The van der Waals surface area contributed by atoms with Gasteiger partial charge in [0.25, 0.3) is 0 Å². The summed E-state index contributed by atoms with van der Waals surface area (Å²) in [5.74, 6) is 0.0908. The lowest BCUT2D eigenvalue weighted by Crippen LogP contribution is -2.35. The molecule has 0 aliphatic heterocycles. The van der Waals surface area contributed by atoms with Gasteiger partial charge in [0.1, 0.15) is 12.4 Å². The number of aliphatic hydroxyl groups excluding tert-OH is 1. The summed E-state index contributed by atoms with van der Waals surface area (Å²) < 4.78 is 37.3. The van der Waals surface area contributed by atoms with Crippen LogP contribution in [0.15, 0.2) is 12.3 Å². The Morgan fingerprint density at radius 1 is 1.44 bits per heavy atom. The Kier molecular flexibility index (Phi) is 5.22. The van der Waals surface area contributed by atoms with E-state index in [1.807, 2.05) is 0 Å². The monoisotopic (exact) mass is 282 g/mol. The Labute approximate surface area is 108 Å². The van der Waals surface area contributed by atoms with Crippen LogP contribution in [0.5, 0.6) is 0 Å². The van der Waals surface area contributed by atoms with Crippen molar-refractivity contribution >= 4 is 17.4 Å². The van der Waals surface area contributed by atoms with Crippen molar-refractivity contribution in [2.45, 2.75) is 26.1 Å². The molecule has 0 saturated carbocycles. The van der Waals surface area contributed by atoms with Crippen molar-refractivity contribution < 1.29 is 18.3 Å². The van der Waals surface area contributed by atoms with E-state index in [0.717, 1.165) is 4.90 Å². The van der Waals surface area contributed by atoms with Gasteiger partial charge in [0.2, 0.25) is 0 Å². The van der Waals surface area contributed by atoms with Crippen molar-refractivity contribution in [2.75, 3.05) is 18.0 Å². The SMILES string of the molecule is CCCN(CC(F)(F)F)c1ncc(CO)cc1Cl. The van der Waals surface area contributed by atoms with Crippen LogP contribution in [0.4, 0.5) is 19.0 Å². The molecule has 7 heteroatoms. The van der Waals surface area contributed by atoms with E-state index >= 15 is 0 Å². The molecule has 1 heterocycles. The molecule has 3 nitrogen and oxygen atoms in total. The minimum absolute atomic E-state index is 0.0908. The smallest absolute Gasteiger partial charge is 0.392 e. The Balaban J connectivity index is 2.98. The molecule has 102 valence electrons. The van der Waals surface area contributed by atoms with Gasteiger partial charge in [0, 0.05) is 12.7 Å². The van der Waals surface area contributed by atoms with Crippen LogP contribution >= 0.6 is 11.6 Å². The van der Waals surface area contributed by atoms with Crippen molar-refractivity contribution in [1.29, 1.82) is 0 Å². The molecule has 18 heavy (non-hydrogen) atoms. The molecule has 1 aromatic rings. The van der Waals surface area contributed by atoms with Gasteiger partial charge in [-0.15, -0.1) is 0 Å². The number of halogens is 4. The Hall–Kier alpha value is -1.01. The highest BCUT2D eigenvalue weighted by atomic mass is 35.5. The maximum absolute atomic E-state index is 12.4. The maximum Gasteiger partial charge on any atom is 0.405 e. The number of anilines is 1. The zero-order valence-electron chi connectivity index (χ0n) is 9.84. The van der Waals surface area contributed by atoms with Crippen molar-refractivity contribution in [3.8, 4) is 0 Å². The summed E-state index contributed by atoms with van der Waals surface area (Å²) in [5, 5.41) is 9.00. The van der Waals surface area contributed by atoms with Crippen LogP contribution in [-0.4, -0.2) is 29.4 Å². The molecule has 1 aromatic heterocycles. The van der Waals surface area contributed by atoms with Gasteiger partial charge in [-0.25, -0.2) is 4.98 Å². The van der Waals surface area contributed by atoms with Gasteiger partial charge in [-0.3, -0.25) is 0 Å². The van der Waals surface area contributed by atoms with Crippen LogP contribution in [0, 0.1) is 0 Å². The number of aliphatic hydroxyl groups is 1. The quantitative estimate of drug-likeness (QED) is 0.902. The van der Waals surface area contributed by atoms with Crippen LogP contribution in [-0.2, 0) is 6.61 Å². The number of hydrogen-bond acceptors (Lipinski definition) is 3. The van der Waals surface area contributed by atoms with Gasteiger partial charge < -0.3 is 10.0 Å². The predicted octanol–water partition coefficient (Wildman–Crippen LogP) is 3.01. The highest BCUT2D eigenvalue weighted by Gasteiger charge is 2.31. The maximum atomic E-state index is 12.4. The number of rotatable bonds is 5. The third kappa shape index (κ3) is 4.34. The summed E-state index contributed by atoms with van der Waals surface area (Å²) in [7, 11) is 0. The van der Waals surface area contributed by atoms with Gasteiger partial charge in [-0.2, -0.15) is 13.2 Å². The summed E-state index contributed by atoms with van der Waals surface area (Å²) in [5.41, 5.74) is 0.465. The Morgan fingerprint density at radius 3 is 2.56 bits per heavy atom. The van der Waals surface area contributed by atoms with E-state index in [2.05, 4.69) is 4.98 Å². The first-order chi connectivity index (χ1) is 8.37. The van der Waals surface area contributed by atoms with Crippen molar-refractivity contribution in [2.24, 2.45) is 0 Å². The molecule has 0 bridgehead atoms. The van der Waals surface area contributed by atoms with Gasteiger partial charge in [-0.05, 0) is 18.1 Å². The second kappa shape index (κ2) is 6.24. The van der Waals surface area contributed by atoms with Crippen LogP contribution in [0.3, 0.4) is 0 Å². The number of alkyl halides is 3. The molecule has 0 aromatic carbocycles. The lowest BCUT2D eigenvalue weighted by atomic mass is 10.3. The molecule has 0 saturated heterocycles. The second-order valence-corrected chi connectivity index (χ2v) is 4.25. The van der Waals surface area contributed by atoms with Crippen LogP contribution in [0.25, 0.3) is 0 Å². The molecular weight excluding hydrogens is 269 g/mol. The summed E-state index contributed by atoms with van der Waals surface area (Å²) in [6.07, 6.45) is -2.44. The first kappa shape index (κ1) is 15.0. The van der Waals surface area contributed by atoms with E-state index in [4.69, 9.17) is 16.7 Å². The van der Waals surface area contributed by atoms with Gasteiger partial charge in [0.15, 0.2) is 0 Å². The largest absolute Gasteiger partial charge is 0.405 e. The van der Waals surface area contributed by atoms with Gasteiger partial charge in [-0.1, -0.05) is 18.5 Å². The predicted molar refractivity (Wildman–Crippen MR) is 63.7 cm³/mol. The van der Waals surface area contributed by atoms with Crippen molar-refractivity contribution in [3.05, 3.63) is 22.8 Å². The molecule has 0 atom stereocenters. The lowest BCUT2D eigenvalue weighted by Gasteiger charge is -2.25. The zero-order valence-corrected chi connectivity index (χ0v) is 10.6. The first-order valence-corrected chi connectivity index (χ1v) is 5.82. The molecule has 0 unspecified atom stereocenters. The van der Waals surface area contributed by atoms with E-state index in [0.29, 0.717) is 12.0 Å². The number of pyridine rings is 1. The minimum atomic E-state index is -4.31. The molecule has 1 N–H and O–H groups in total. The average Bonchev–Trinajstić information content (AvgIpc) is 2.26. The molecule has 1 rings (SSSR count). The standard InChI is InChI=1S/C11H14ClF3N2O/c1-2-3-17(7-11(13,14)15)10-9(12)4-8(6-18)5-16-10/h4-5,18H,2-3,6-7H2,1H3. The fraction of sp³-hybridized carbons (Fsp3) is 0.545. The summed E-state index contributed by atoms with van der Waals surface area (Å²) in [6.45, 7) is 0.649. The molecule has 0 aliphatic rings. The van der Waals surface area contributed by atoms with Gasteiger partial charge in [0.05, 0.1) is 11.6 Å². The molecule has 0 amide bonds. The zero-order chi connectivity index (χ0) is 13.8. The van der Waals surface area contributed by atoms with Crippen LogP contribution < -0.4 is 4.90 Å². The van der Waals surface area contributed by atoms with E-state index in [-0.39, 0.29) is 24.0 Å². The van der Waals surface area contributed by atoms with Crippen molar-refractivity contribution in [3.63, 3.8) is 0 Å². The Bertz CT molecular complexity index is 398. The second-order valence-electron chi connectivity index (χ2n) is 3.84. The fourth-order valence-electron chi connectivity index (χ4n) is 1.54. The molecule has 0 spiro atoms. The van der Waals surface area contributed by atoms with Crippen LogP contribution in [0.2, 0.25) is 5.02 Å². The highest BCUT2D eigenvalue weighted by Crippen LogP contribution is 2.27. The molecule has 0 fully saturated rings. The molecular formula is C11H14ClF3N2O. The number of nitrogens with zero attached hydrogens (tertiary/aromatic N) is 2. The van der Waals surface area contributed by atoms with E-state index in [9.17, 15) is 13.2 Å². The molecule has 0 aliphatic carbocycles. The summed E-state index contributed by atoms with van der Waals surface area (Å²) in [4.78, 5) is 4.97. The summed E-state index contributed by atoms with van der Waals surface area (Å²) >= 11 is 5.88. The van der Waals surface area contributed by atoms with E-state index < -0.39 is 12.7 Å². The highest BCUT2D eigenvalue weighted by molar-refractivity contribution is 6.33. The first-order valence-electron chi connectivity index (χ1n) is 5.44.